The number of amides is 1. The molecule has 3 aromatic rings. The number of phenols is 1. The second-order valence-electron chi connectivity index (χ2n) is 10.1. The first-order valence-electron chi connectivity index (χ1n) is 14.1. The summed E-state index contributed by atoms with van der Waals surface area (Å²) in [6.45, 7) is 2.06. The normalized spacial score (nSPS) is 12.0. The Labute approximate surface area is 239 Å². The third-order valence-electron chi connectivity index (χ3n) is 6.83. The van der Waals surface area contributed by atoms with Crippen molar-refractivity contribution in [2.45, 2.75) is 64.2 Å². The number of nitrogens with one attached hydrogen (secondary N) is 1. The Hall–Kier alpha value is -3.64. The number of unbranched alkanes of at least 4 members (excludes halogenated alkanes) is 4. The maximum Gasteiger partial charge on any atom is 0.336 e. The van der Waals surface area contributed by atoms with Gasteiger partial charge in [-0.3, -0.25) is 9.36 Å². The highest BCUT2D eigenvalue weighted by molar-refractivity contribution is 5.73. The number of aromatic hydroxyl groups is 2. The van der Waals surface area contributed by atoms with Crippen LogP contribution in [-0.2, 0) is 29.1 Å². The van der Waals surface area contributed by atoms with Crippen molar-refractivity contribution in [1.29, 1.82) is 0 Å². The maximum atomic E-state index is 12.5. The van der Waals surface area contributed by atoms with E-state index in [2.05, 4.69) is 5.32 Å². The summed E-state index contributed by atoms with van der Waals surface area (Å²) in [5, 5.41) is 42.6. The van der Waals surface area contributed by atoms with Crippen LogP contribution in [0, 0.1) is 0 Å². The Kier molecular flexibility index (Phi) is 12.9. The molecule has 0 bridgehead atoms. The third-order valence-corrected chi connectivity index (χ3v) is 6.83. The van der Waals surface area contributed by atoms with Crippen molar-refractivity contribution >= 4 is 5.91 Å². The number of imidazole rings is 1. The molecule has 0 spiro atoms. The van der Waals surface area contributed by atoms with Gasteiger partial charge >= 0.3 is 5.69 Å². The molecule has 11 nitrogen and oxygen atoms in total. The Morgan fingerprint density at radius 1 is 1.00 bits per heavy atom. The lowest BCUT2D eigenvalue weighted by Crippen LogP contribution is -2.28. The molecule has 0 saturated carbocycles. The summed E-state index contributed by atoms with van der Waals surface area (Å²) in [7, 11) is 0. The van der Waals surface area contributed by atoms with Crippen molar-refractivity contribution < 1.29 is 30.0 Å². The van der Waals surface area contributed by atoms with Crippen LogP contribution in [0.5, 0.6) is 11.6 Å². The van der Waals surface area contributed by atoms with Crippen LogP contribution >= 0.6 is 0 Å². The minimum atomic E-state index is -0.696. The van der Waals surface area contributed by atoms with Gasteiger partial charge in [0.25, 0.3) is 0 Å². The maximum absolute atomic E-state index is 12.5. The zero-order chi connectivity index (χ0) is 29.6. The van der Waals surface area contributed by atoms with E-state index in [1.807, 2.05) is 18.2 Å². The smallest absolute Gasteiger partial charge is 0.336 e. The molecule has 1 aromatic heterocycles. The van der Waals surface area contributed by atoms with Gasteiger partial charge in [0.1, 0.15) is 12.3 Å². The number of nitrogens with zero attached hydrogens (tertiary/aromatic N) is 2. The van der Waals surface area contributed by atoms with Gasteiger partial charge in [-0.1, -0.05) is 31.0 Å². The Balaban J connectivity index is 1.22. The second-order valence-corrected chi connectivity index (χ2v) is 10.1. The molecule has 7 N–H and O–H groups in total. The number of carbonyl (C=O) groups is 1. The lowest BCUT2D eigenvalue weighted by molar-refractivity contribution is -0.118. The number of ether oxygens (including phenoxy) is 1. The van der Waals surface area contributed by atoms with E-state index in [9.17, 15) is 30.0 Å². The fourth-order valence-corrected chi connectivity index (χ4v) is 4.59. The molecule has 11 heteroatoms. The van der Waals surface area contributed by atoms with Gasteiger partial charge in [-0.2, -0.15) is 0 Å². The Morgan fingerprint density at radius 3 is 2.51 bits per heavy atom. The second kappa shape index (κ2) is 16.6. The Bertz CT molecular complexity index is 1300. The highest BCUT2D eigenvalue weighted by atomic mass is 16.5. The van der Waals surface area contributed by atoms with E-state index in [1.165, 1.54) is 12.3 Å². The summed E-state index contributed by atoms with van der Waals surface area (Å²) in [5.74, 6) is -0.884. The SMILES string of the molecule is NC(=O)Cn1cc(O)n(-c2cccc(CCCCOCCCCCCNC[C@H](O)c3ccc(O)c(CO)c3)c2)c1=O. The van der Waals surface area contributed by atoms with Gasteiger partial charge in [0.15, 0.2) is 0 Å². The zero-order valence-corrected chi connectivity index (χ0v) is 23.4. The predicted octanol–water partition coefficient (Wildman–Crippen LogP) is 2.25. The molecule has 3 rings (SSSR count). The van der Waals surface area contributed by atoms with Crippen LogP contribution in [0.4, 0.5) is 0 Å². The number of aliphatic hydroxyl groups excluding tert-OH is 2. The standard InChI is InChI=1S/C30H42N4O7/c31-28(38)19-33-20-29(39)34(30(33)40)25-10-7-9-22(16-25)8-3-6-15-41-14-5-2-1-4-13-32-18-27(37)23-11-12-26(36)24(17-23)21-35/h7,9-12,16-17,20,27,32,35-37,39H,1-6,8,13-15,18-19,21H2,(H2,31,38)/t27-/m0/s1. The Morgan fingerprint density at radius 2 is 1.76 bits per heavy atom. The van der Waals surface area contributed by atoms with Crippen LogP contribution in [0.2, 0.25) is 0 Å². The molecule has 0 fully saturated rings. The van der Waals surface area contributed by atoms with Gasteiger partial charge in [-0.15, -0.1) is 0 Å². The highest BCUT2D eigenvalue weighted by Crippen LogP contribution is 2.22. The molecule has 0 aliphatic heterocycles. The first-order valence-corrected chi connectivity index (χ1v) is 14.1. The van der Waals surface area contributed by atoms with Crippen LogP contribution in [0.1, 0.15) is 61.3 Å². The van der Waals surface area contributed by atoms with Gasteiger partial charge in [-0.25, -0.2) is 9.36 Å². The van der Waals surface area contributed by atoms with Gasteiger partial charge < -0.3 is 36.2 Å². The number of hydrogen-bond acceptors (Lipinski definition) is 8. The molecule has 1 amide bonds. The van der Waals surface area contributed by atoms with Crippen LogP contribution in [-0.4, -0.2) is 61.8 Å². The molecule has 0 radical (unpaired) electrons. The van der Waals surface area contributed by atoms with Crippen LogP contribution in [0.25, 0.3) is 5.69 Å². The lowest BCUT2D eigenvalue weighted by Gasteiger charge is -2.14. The van der Waals surface area contributed by atoms with E-state index in [1.54, 1.807) is 18.2 Å². The summed E-state index contributed by atoms with van der Waals surface area (Å²) in [5.41, 5.74) is 7.28. The summed E-state index contributed by atoms with van der Waals surface area (Å²) in [4.78, 5) is 23.7. The topological polar surface area (TPSA) is 172 Å². The first kappa shape index (κ1) is 31.9. The van der Waals surface area contributed by atoms with Crippen molar-refractivity contribution in [2.24, 2.45) is 5.73 Å². The summed E-state index contributed by atoms with van der Waals surface area (Å²) in [6.07, 6.45) is 7.30. The van der Waals surface area contributed by atoms with Crippen molar-refractivity contribution in [1.82, 2.24) is 14.5 Å². The number of hydrogen-bond donors (Lipinski definition) is 6. The lowest BCUT2D eigenvalue weighted by atomic mass is 10.1. The van der Waals surface area contributed by atoms with Crippen LogP contribution in [0.3, 0.4) is 0 Å². The number of primary amides is 1. The van der Waals surface area contributed by atoms with Crippen LogP contribution < -0.4 is 16.7 Å². The molecular formula is C30H42N4O7. The van der Waals surface area contributed by atoms with E-state index in [-0.39, 0.29) is 24.8 Å². The molecule has 2 aromatic carbocycles. The van der Waals surface area contributed by atoms with Gasteiger partial charge in [0, 0.05) is 25.3 Å². The zero-order valence-electron chi connectivity index (χ0n) is 23.4. The highest BCUT2D eigenvalue weighted by Gasteiger charge is 2.14. The fourth-order valence-electron chi connectivity index (χ4n) is 4.59. The van der Waals surface area contributed by atoms with E-state index in [0.717, 1.165) is 72.8 Å². The molecule has 224 valence electrons. The van der Waals surface area contributed by atoms with Crippen molar-refractivity contribution in [3.05, 3.63) is 75.8 Å². The van der Waals surface area contributed by atoms with Gasteiger partial charge in [0.2, 0.25) is 11.8 Å². The van der Waals surface area contributed by atoms with Gasteiger partial charge in [-0.05, 0) is 74.0 Å². The molecular weight excluding hydrogens is 528 g/mol. The number of aliphatic hydroxyl groups is 2. The van der Waals surface area contributed by atoms with Crippen LogP contribution in [0.15, 0.2) is 53.5 Å². The van der Waals surface area contributed by atoms with Crippen molar-refractivity contribution in [3.63, 3.8) is 0 Å². The minimum absolute atomic E-state index is 0.0252. The number of aromatic nitrogens is 2. The predicted molar refractivity (Wildman–Crippen MR) is 155 cm³/mol. The average Bonchev–Trinajstić information content (AvgIpc) is 3.22. The third kappa shape index (κ3) is 10.0. The number of nitrogens with two attached hydrogens (primary N) is 1. The summed E-state index contributed by atoms with van der Waals surface area (Å²) >= 11 is 0. The fraction of sp³-hybridized carbons (Fsp3) is 0.467. The molecule has 0 unspecified atom stereocenters. The van der Waals surface area contributed by atoms with E-state index in [0.29, 0.717) is 30.0 Å². The van der Waals surface area contributed by atoms with E-state index < -0.39 is 17.7 Å². The number of carbonyl (C=O) groups excluding carboxylic acids is 1. The minimum Gasteiger partial charge on any atom is -0.508 e. The van der Waals surface area contributed by atoms with Crippen molar-refractivity contribution in [2.75, 3.05) is 26.3 Å². The quantitative estimate of drug-likeness (QED) is 0.119. The molecule has 1 atom stereocenters. The largest absolute Gasteiger partial charge is 0.508 e. The molecule has 0 aliphatic carbocycles. The number of benzene rings is 2. The summed E-state index contributed by atoms with van der Waals surface area (Å²) < 4.78 is 8.00. The molecule has 1 heterocycles. The molecule has 0 saturated heterocycles. The summed E-state index contributed by atoms with van der Waals surface area (Å²) in [6, 6.07) is 12.2. The number of aryl methyl sites for hydroxylation is 1. The first-order chi connectivity index (χ1) is 19.8. The van der Waals surface area contributed by atoms with E-state index in [4.69, 9.17) is 10.5 Å². The average molecular weight is 571 g/mol. The number of rotatable bonds is 19. The van der Waals surface area contributed by atoms with E-state index >= 15 is 0 Å². The van der Waals surface area contributed by atoms with Crippen molar-refractivity contribution in [3.8, 4) is 17.3 Å². The molecule has 41 heavy (non-hydrogen) atoms. The van der Waals surface area contributed by atoms with Gasteiger partial charge in [0.05, 0.1) is 24.6 Å². The molecule has 0 aliphatic rings. The monoisotopic (exact) mass is 570 g/mol.